The normalized spacial score (nSPS) is 12.3. The third-order valence-corrected chi connectivity index (χ3v) is 3.36. The predicted molar refractivity (Wildman–Crippen MR) is 71.0 cm³/mol. The predicted octanol–water partition coefficient (Wildman–Crippen LogP) is 2.87. The van der Waals surface area contributed by atoms with Gasteiger partial charge in [0.2, 0.25) is 0 Å². The zero-order chi connectivity index (χ0) is 13.7. The molecule has 0 aliphatic carbocycles. The van der Waals surface area contributed by atoms with E-state index in [9.17, 15) is 13.6 Å². The smallest absolute Gasteiger partial charge is 0.257 e. The van der Waals surface area contributed by atoms with Crippen LogP contribution in [0.2, 0.25) is 0 Å². The Morgan fingerprint density at radius 2 is 2.00 bits per heavy atom. The van der Waals surface area contributed by atoms with Crippen molar-refractivity contribution in [3.8, 4) is 0 Å². The first kappa shape index (κ1) is 15.5. The van der Waals surface area contributed by atoms with Gasteiger partial charge in [-0.25, -0.2) is 8.78 Å². The van der Waals surface area contributed by atoms with Crippen LogP contribution in [0.3, 0.4) is 0 Å². The first-order valence-corrected chi connectivity index (χ1v) is 6.91. The Labute approximate surface area is 120 Å². The number of ether oxygens (including phenoxy) is 1. The van der Waals surface area contributed by atoms with E-state index in [2.05, 4.69) is 37.2 Å². The van der Waals surface area contributed by atoms with Crippen molar-refractivity contribution in [2.45, 2.75) is 6.04 Å². The number of hydrogen-bond donors (Lipinski definition) is 1. The number of carbonyl (C=O) groups is 1. The number of hydrogen-bond acceptors (Lipinski definition) is 2. The Kier molecular flexibility index (Phi) is 6.17. The maximum atomic E-state index is 13.5. The lowest BCUT2D eigenvalue weighted by Gasteiger charge is -2.15. The van der Waals surface area contributed by atoms with Gasteiger partial charge < -0.3 is 10.1 Å². The Bertz CT molecular complexity index is 420. The van der Waals surface area contributed by atoms with E-state index in [1.807, 2.05) is 0 Å². The van der Waals surface area contributed by atoms with Gasteiger partial charge in [0.25, 0.3) is 5.91 Å². The van der Waals surface area contributed by atoms with Gasteiger partial charge in [-0.05, 0) is 12.1 Å². The number of methoxy groups -OCH3 is 1. The van der Waals surface area contributed by atoms with Crippen LogP contribution in [0, 0.1) is 11.6 Å². The molecule has 0 aromatic heterocycles. The third kappa shape index (κ3) is 4.00. The van der Waals surface area contributed by atoms with E-state index < -0.39 is 23.1 Å². The maximum absolute atomic E-state index is 13.5. The highest BCUT2D eigenvalue weighted by atomic mass is 79.9. The summed E-state index contributed by atoms with van der Waals surface area (Å²) in [4.78, 5) is 11.8. The molecule has 1 N–H and O–H groups in total. The molecule has 0 bridgehead atoms. The van der Waals surface area contributed by atoms with Gasteiger partial charge >= 0.3 is 0 Å². The molecule has 0 saturated heterocycles. The molecule has 1 atom stereocenters. The summed E-state index contributed by atoms with van der Waals surface area (Å²) in [7, 11) is 1.47. The molecule has 1 unspecified atom stereocenters. The molecule has 0 saturated carbocycles. The van der Waals surface area contributed by atoms with Crippen LogP contribution >= 0.6 is 31.9 Å². The molecule has 7 heteroatoms. The molecule has 1 aromatic rings. The summed E-state index contributed by atoms with van der Waals surface area (Å²) in [6.07, 6.45) is 0. The largest absolute Gasteiger partial charge is 0.383 e. The SMILES string of the molecule is COCC(CBr)NC(=O)c1c(F)cc(Br)cc1F. The zero-order valence-corrected chi connectivity index (χ0v) is 12.6. The van der Waals surface area contributed by atoms with Crippen LogP contribution in [0.5, 0.6) is 0 Å². The van der Waals surface area contributed by atoms with Crippen LogP contribution in [0.4, 0.5) is 8.78 Å². The maximum Gasteiger partial charge on any atom is 0.257 e. The van der Waals surface area contributed by atoms with Crippen LogP contribution in [0.25, 0.3) is 0 Å². The second kappa shape index (κ2) is 7.16. The second-order valence-electron chi connectivity index (χ2n) is 3.52. The lowest BCUT2D eigenvalue weighted by molar-refractivity contribution is 0.0899. The first-order chi connectivity index (χ1) is 8.49. The van der Waals surface area contributed by atoms with E-state index >= 15 is 0 Å². The lowest BCUT2D eigenvalue weighted by Crippen LogP contribution is -2.40. The molecule has 0 radical (unpaired) electrons. The van der Waals surface area contributed by atoms with Crippen LogP contribution in [0.1, 0.15) is 10.4 Å². The quantitative estimate of drug-likeness (QED) is 0.790. The number of halogens is 4. The van der Waals surface area contributed by atoms with Crippen LogP contribution in [0.15, 0.2) is 16.6 Å². The molecule has 100 valence electrons. The van der Waals surface area contributed by atoms with Gasteiger partial charge in [-0.15, -0.1) is 0 Å². The van der Waals surface area contributed by atoms with E-state index in [-0.39, 0.29) is 17.1 Å². The average Bonchev–Trinajstić information content (AvgIpc) is 2.26. The minimum Gasteiger partial charge on any atom is -0.383 e. The average molecular weight is 387 g/mol. The number of benzene rings is 1. The third-order valence-electron chi connectivity index (χ3n) is 2.12. The fraction of sp³-hybridized carbons (Fsp3) is 0.364. The summed E-state index contributed by atoms with van der Waals surface area (Å²) in [6.45, 7) is 0.247. The summed E-state index contributed by atoms with van der Waals surface area (Å²) in [5.41, 5.74) is -0.597. The van der Waals surface area contributed by atoms with Gasteiger partial charge in [0.15, 0.2) is 0 Å². The number of nitrogens with one attached hydrogen (secondary N) is 1. The van der Waals surface area contributed by atoms with Crippen LogP contribution in [-0.4, -0.2) is 31.0 Å². The van der Waals surface area contributed by atoms with Crippen molar-refractivity contribution in [1.82, 2.24) is 5.32 Å². The Hall–Kier alpha value is -0.530. The van der Waals surface area contributed by atoms with Crippen molar-refractivity contribution < 1.29 is 18.3 Å². The van der Waals surface area contributed by atoms with E-state index in [1.165, 1.54) is 7.11 Å². The number of amides is 1. The van der Waals surface area contributed by atoms with E-state index in [1.54, 1.807) is 0 Å². The molecule has 0 spiro atoms. The monoisotopic (exact) mass is 385 g/mol. The summed E-state index contributed by atoms with van der Waals surface area (Å²) < 4.78 is 32.2. The van der Waals surface area contributed by atoms with Gasteiger partial charge in [-0.3, -0.25) is 4.79 Å². The molecule has 0 aliphatic heterocycles. The summed E-state index contributed by atoms with van der Waals surface area (Å²) in [6, 6.07) is 1.72. The van der Waals surface area contributed by atoms with Gasteiger partial charge in [-0.1, -0.05) is 31.9 Å². The van der Waals surface area contributed by atoms with Crippen molar-refractivity contribution in [2.24, 2.45) is 0 Å². The molecule has 0 fully saturated rings. The zero-order valence-electron chi connectivity index (χ0n) is 9.47. The van der Waals surface area contributed by atoms with Crippen molar-refractivity contribution in [1.29, 1.82) is 0 Å². The van der Waals surface area contributed by atoms with Crippen molar-refractivity contribution in [3.05, 3.63) is 33.8 Å². The number of alkyl halides is 1. The van der Waals surface area contributed by atoms with Crippen molar-refractivity contribution >= 4 is 37.8 Å². The molecular weight excluding hydrogens is 376 g/mol. The van der Waals surface area contributed by atoms with Crippen molar-refractivity contribution in [3.63, 3.8) is 0 Å². The molecule has 1 amide bonds. The van der Waals surface area contributed by atoms with Gasteiger partial charge in [-0.2, -0.15) is 0 Å². The van der Waals surface area contributed by atoms with E-state index in [0.29, 0.717) is 5.33 Å². The molecule has 0 heterocycles. The van der Waals surface area contributed by atoms with Gasteiger partial charge in [0.05, 0.1) is 12.6 Å². The summed E-state index contributed by atoms with van der Waals surface area (Å²) >= 11 is 6.12. The molecular formula is C11H11Br2F2NO2. The standard InChI is InChI=1S/C11H11Br2F2NO2/c1-18-5-7(4-12)16-11(17)10-8(14)2-6(13)3-9(10)15/h2-3,7H,4-5H2,1H3,(H,16,17). The van der Waals surface area contributed by atoms with Gasteiger partial charge in [0.1, 0.15) is 17.2 Å². The fourth-order valence-electron chi connectivity index (χ4n) is 1.34. The highest BCUT2D eigenvalue weighted by Gasteiger charge is 2.20. The van der Waals surface area contributed by atoms with E-state index in [0.717, 1.165) is 12.1 Å². The first-order valence-electron chi connectivity index (χ1n) is 5.00. The summed E-state index contributed by atoms with van der Waals surface area (Å²) in [5, 5.41) is 2.90. The Balaban J connectivity index is 2.90. The minimum atomic E-state index is -0.912. The van der Waals surface area contributed by atoms with Crippen LogP contribution in [-0.2, 0) is 4.74 Å². The highest BCUT2D eigenvalue weighted by Crippen LogP contribution is 2.19. The second-order valence-corrected chi connectivity index (χ2v) is 5.09. The molecule has 3 nitrogen and oxygen atoms in total. The van der Waals surface area contributed by atoms with Gasteiger partial charge in [0, 0.05) is 16.9 Å². The van der Waals surface area contributed by atoms with E-state index in [4.69, 9.17) is 4.74 Å². The Morgan fingerprint density at radius 1 is 1.44 bits per heavy atom. The highest BCUT2D eigenvalue weighted by molar-refractivity contribution is 9.10. The topological polar surface area (TPSA) is 38.3 Å². The molecule has 1 rings (SSSR count). The molecule has 0 aliphatic rings. The summed E-state index contributed by atoms with van der Waals surface area (Å²) in [5.74, 6) is -2.63. The van der Waals surface area contributed by atoms with Crippen LogP contribution < -0.4 is 5.32 Å². The lowest BCUT2D eigenvalue weighted by atomic mass is 10.1. The number of rotatable bonds is 5. The fourth-order valence-corrected chi connectivity index (χ4v) is 2.09. The Morgan fingerprint density at radius 3 is 2.44 bits per heavy atom. The van der Waals surface area contributed by atoms with Crippen molar-refractivity contribution in [2.75, 3.05) is 19.0 Å². The molecule has 18 heavy (non-hydrogen) atoms. The number of carbonyl (C=O) groups excluding carboxylic acids is 1. The minimum absolute atomic E-state index is 0.239. The molecule has 1 aromatic carbocycles.